The summed E-state index contributed by atoms with van der Waals surface area (Å²) < 4.78 is 2.27. The van der Waals surface area contributed by atoms with Gasteiger partial charge >= 0.3 is 0 Å². The van der Waals surface area contributed by atoms with E-state index in [1.165, 1.54) is 0 Å². The number of nitrogen functional groups attached to an aromatic ring is 1. The van der Waals surface area contributed by atoms with Crippen LogP contribution in [0.1, 0.15) is 0 Å². The molecule has 5 heteroatoms. The highest BCUT2D eigenvalue weighted by molar-refractivity contribution is 6.10. The number of nitrogens with two attached hydrogens (primary N) is 1. The van der Waals surface area contributed by atoms with Crippen LogP contribution in [-0.4, -0.2) is 19.5 Å². The van der Waals surface area contributed by atoms with Crippen LogP contribution in [0.5, 0.6) is 0 Å². The Morgan fingerprint density at radius 2 is 1.28 bits per heavy atom. The Balaban J connectivity index is 1.70. The molecule has 6 rings (SSSR count). The van der Waals surface area contributed by atoms with Gasteiger partial charge in [0, 0.05) is 52.4 Å². The number of hydrogen-bond donors (Lipinski definition) is 1. The Morgan fingerprint density at radius 1 is 0.625 bits per heavy atom. The average molecular weight is 413 g/mol. The number of benzene rings is 2. The van der Waals surface area contributed by atoms with Crippen molar-refractivity contribution in [3.63, 3.8) is 0 Å². The number of fused-ring (bicyclic) bond motifs is 3. The molecule has 152 valence electrons. The molecule has 0 aliphatic heterocycles. The fourth-order valence-electron chi connectivity index (χ4n) is 4.24. The summed E-state index contributed by atoms with van der Waals surface area (Å²) in [4.78, 5) is 13.5. The molecule has 4 aromatic heterocycles. The lowest BCUT2D eigenvalue weighted by Crippen LogP contribution is -1.98. The maximum atomic E-state index is 6.13. The summed E-state index contributed by atoms with van der Waals surface area (Å²) in [6, 6.07) is 26.6. The van der Waals surface area contributed by atoms with E-state index in [4.69, 9.17) is 10.7 Å². The van der Waals surface area contributed by atoms with Crippen molar-refractivity contribution in [2.45, 2.75) is 0 Å². The molecular formula is C27H19N5. The van der Waals surface area contributed by atoms with Crippen molar-refractivity contribution in [3.8, 4) is 28.2 Å². The lowest BCUT2D eigenvalue weighted by atomic mass is 10.1. The predicted octanol–water partition coefficient (Wildman–Crippen LogP) is 5.88. The summed E-state index contributed by atoms with van der Waals surface area (Å²) in [5.74, 6) is 0. The molecule has 0 saturated heterocycles. The van der Waals surface area contributed by atoms with Crippen LogP contribution < -0.4 is 5.73 Å². The van der Waals surface area contributed by atoms with E-state index in [1.807, 2.05) is 48.8 Å². The smallest absolute Gasteiger partial charge is 0.0745 e. The topological polar surface area (TPSA) is 69.6 Å². The third kappa shape index (κ3) is 2.99. The van der Waals surface area contributed by atoms with Gasteiger partial charge in [0.25, 0.3) is 0 Å². The molecule has 2 N–H and O–H groups in total. The Kier molecular flexibility index (Phi) is 4.18. The number of pyridine rings is 3. The van der Waals surface area contributed by atoms with Crippen LogP contribution in [0.25, 0.3) is 50.0 Å². The Bertz CT molecular complexity index is 1510. The molecule has 2 aromatic carbocycles. The Labute approximate surface area is 184 Å². The molecule has 5 nitrogen and oxygen atoms in total. The lowest BCUT2D eigenvalue weighted by molar-refractivity contribution is 1.15. The molecule has 0 spiro atoms. The zero-order valence-electron chi connectivity index (χ0n) is 17.2. The molecule has 0 saturated carbocycles. The summed E-state index contributed by atoms with van der Waals surface area (Å²) in [6.45, 7) is 0. The van der Waals surface area contributed by atoms with Crippen molar-refractivity contribution in [2.75, 3.05) is 5.73 Å². The van der Waals surface area contributed by atoms with E-state index in [0.29, 0.717) is 0 Å². The second-order valence-corrected chi connectivity index (χ2v) is 7.71. The van der Waals surface area contributed by atoms with E-state index in [1.54, 1.807) is 12.4 Å². The first-order chi connectivity index (χ1) is 15.8. The van der Waals surface area contributed by atoms with Gasteiger partial charge in [-0.15, -0.1) is 0 Å². The van der Waals surface area contributed by atoms with Gasteiger partial charge in [0.2, 0.25) is 0 Å². The van der Waals surface area contributed by atoms with Crippen molar-refractivity contribution in [3.05, 3.63) is 104 Å². The van der Waals surface area contributed by atoms with E-state index in [2.05, 4.69) is 57.0 Å². The zero-order valence-corrected chi connectivity index (χ0v) is 17.2. The molecule has 6 aromatic rings. The summed E-state index contributed by atoms with van der Waals surface area (Å²) in [5.41, 5.74) is 13.8. The maximum absolute atomic E-state index is 6.13. The third-order valence-corrected chi connectivity index (χ3v) is 5.68. The van der Waals surface area contributed by atoms with Gasteiger partial charge in [-0.1, -0.05) is 18.2 Å². The minimum Gasteiger partial charge on any atom is -0.399 e. The van der Waals surface area contributed by atoms with Crippen LogP contribution in [0.4, 0.5) is 5.69 Å². The number of para-hydroxylation sites is 1. The van der Waals surface area contributed by atoms with E-state index >= 15 is 0 Å². The third-order valence-electron chi connectivity index (χ3n) is 5.68. The maximum Gasteiger partial charge on any atom is 0.0745 e. The quantitative estimate of drug-likeness (QED) is 0.368. The van der Waals surface area contributed by atoms with Gasteiger partial charge in [-0.05, 0) is 60.7 Å². The van der Waals surface area contributed by atoms with Gasteiger partial charge in [-0.3, -0.25) is 9.97 Å². The minimum absolute atomic E-state index is 0.752. The van der Waals surface area contributed by atoms with Gasteiger partial charge in [0.1, 0.15) is 0 Å². The normalized spacial score (nSPS) is 11.2. The molecule has 32 heavy (non-hydrogen) atoms. The first-order valence-electron chi connectivity index (χ1n) is 10.4. The molecule has 0 atom stereocenters. The van der Waals surface area contributed by atoms with Crippen LogP contribution >= 0.6 is 0 Å². The number of rotatable bonds is 3. The van der Waals surface area contributed by atoms with E-state index in [-0.39, 0.29) is 0 Å². The summed E-state index contributed by atoms with van der Waals surface area (Å²) >= 11 is 0. The van der Waals surface area contributed by atoms with Gasteiger partial charge in [0.05, 0.1) is 28.1 Å². The van der Waals surface area contributed by atoms with Gasteiger partial charge in [0.15, 0.2) is 0 Å². The molecular weight excluding hydrogens is 394 g/mol. The highest BCUT2D eigenvalue weighted by Gasteiger charge is 2.15. The van der Waals surface area contributed by atoms with Crippen LogP contribution in [0, 0.1) is 0 Å². The summed E-state index contributed by atoms with van der Waals surface area (Å²) in [5, 5.41) is 2.29. The number of aromatic nitrogens is 4. The van der Waals surface area contributed by atoms with Crippen molar-refractivity contribution in [1.29, 1.82) is 0 Å². The van der Waals surface area contributed by atoms with Crippen molar-refractivity contribution in [2.24, 2.45) is 0 Å². The van der Waals surface area contributed by atoms with Gasteiger partial charge in [-0.25, -0.2) is 4.98 Å². The van der Waals surface area contributed by atoms with Crippen molar-refractivity contribution in [1.82, 2.24) is 19.5 Å². The molecule has 0 aliphatic rings. The molecule has 0 amide bonds. The van der Waals surface area contributed by atoms with E-state index in [9.17, 15) is 0 Å². The van der Waals surface area contributed by atoms with Crippen molar-refractivity contribution >= 4 is 27.5 Å². The van der Waals surface area contributed by atoms with E-state index < -0.39 is 0 Å². The second-order valence-electron chi connectivity index (χ2n) is 7.71. The molecule has 0 radical (unpaired) electrons. The van der Waals surface area contributed by atoms with Gasteiger partial charge < -0.3 is 10.3 Å². The Morgan fingerprint density at radius 3 is 1.94 bits per heavy atom. The molecule has 0 aliphatic carbocycles. The Hall–Kier alpha value is -4.51. The lowest BCUT2D eigenvalue weighted by Gasteiger charge is -2.13. The van der Waals surface area contributed by atoms with Crippen LogP contribution in [0.15, 0.2) is 104 Å². The van der Waals surface area contributed by atoms with Crippen LogP contribution in [0.2, 0.25) is 0 Å². The fourth-order valence-corrected chi connectivity index (χ4v) is 4.24. The number of hydrogen-bond acceptors (Lipinski definition) is 4. The number of anilines is 1. The van der Waals surface area contributed by atoms with E-state index in [0.717, 1.165) is 55.7 Å². The zero-order chi connectivity index (χ0) is 21.5. The largest absolute Gasteiger partial charge is 0.399 e. The number of nitrogens with zero attached hydrogens (tertiary/aromatic N) is 4. The van der Waals surface area contributed by atoms with Crippen LogP contribution in [0.3, 0.4) is 0 Å². The fraction of sp³-hybridized carbons (Fsp3) is 0. The SMILES string of the molecule is Nc1ccc2c(c1)c1ccccc1n2-c1cc(-c2cccnc2)nc(-c2cccnc2)c1. The van der Waals surface area contributed by atoms with Crippen molar-refractivity contribution < 1.29 is 0 Å². The first kappa shape index (κ1) is 18.3. The predicted molar refractivity (Wildman–Crippen MR) is 129 cm³/mol. The van der Waals surface area contributed by atoms with Gasteiger partial charge in [-0.2, -0.15) is 0 Å². The molecule has 0 fully saturated rings. The second kappa shape index (κ2) is 7.32. The summed E-state index contributed by atoms with van der Waals surface area (Å²) in [7, 11) is 0. The highest BCUT2D eigenvalue weighted by Crippen LogP contribution is 2.35. The average Bonchev–Trinajstić information content (AvgIpc) is 3.18. The molecule has 0 unspecified atom stereocenters. The molecule has 4 heterocycles. The minimum atomic E-state index is 0.752. The first-order valence-corrected chi connectivity index (χ1v) is 10.4. The summed E-state index contributed by atoms with van der Waals surface area (Å²) in [6.07, 6.45) is 7.22. The highest BCUT2D eigenvalue weighted by atomic mass is 15.0. The monoisotopic (exact) mass is 413 g/mol. The molecule has 0 bridgehead atoms. The van der Waals surface area contributed by atoms with Crippen LogP contribution in [-0.2, 0) is 0 Å². The standard InChI is InChI=1S/C27H19N5/c28-20-9-10-27-23(13-20)22-7-1-2-8-26(22)32(27)21-14-24(18-5-3-11-29-16-18)31-25(15-21)19-6-4-12-30-17-19/h1-17H,28H2.